The molecule has 1 aliphatic heterocycles. The maximum Gasteiger partial charge on any atom is 0.248 e. The van der Waals surface area contributed by atoms with Crippen molar-refractivity contribution in [3.63, 3.8) is 0 Å². The molecule has 1 aromatic heterocycles. The third kappa shape index (κ3) is 4.11. The number of pyridine rings is 1. The molecule has 2 N–H and O–H groups in total. The molecule has 1 aliphatic rings. The molecule has 0 saturated carbocycles. The minimum Gasteiger partial charge on any atom is -0.322 e. The van der Waals surface area contributed by atoms with Crippen molar-refractivity contribution < 1.29 is 8.42 Å². The van der Waals surface area contributed by atoms with E-state index in [4.69, 9.17) is 0 Å². The number of aryl methyl sites for hydroxylation is 1. The van der Waals surface area contributed by atoms with Gasteiger partial charge in [0.25, 0.3) is 0 Å². The highest BCUT2D eigenvalue weighted by Gasteiger charge is 2.22. The van der Waals surface area contributed by atoms with E-state index in [1.54, 1.807) is 18.2 Å². The molecule has 6 nitrogen and oxygen atoms in total. The lowest BCUT2D eigenvalue weighted by Crippen LogP contribution is -2.40. The molecule has 0 spiro atoms. The van der Waals surface area contributed by atoms with E-state index in [9.17, 15) is 13.2 Å². The van der Waals surface area contributed by atoms with E-state index >= 15 is 0 Å². The molecule has 25 heavy (non-hydrogen) atoms. The van der Waals surface area contributed by atoms with Crippen molar-refractivity contribution in [3.8, 4) is 0 Å². The second-order valence-electron chi connectivity index (χ2n) is 6.78. The molecule has 1 atom stereocenters. The van der Waals surface area contributed by atoms with Crippen LogP contribution in [0.1, 0.15) is 25.3 Å². The van der Waals surface area contributed by atoms with Crippen LogP contribution in [0.3, 0.4) is 0 Å². The van der Waals surface area contributed by atoms with Crippen molar-refractivity contribution in [2.75, 3.05) is 26.2 Å². The number of benzene rings is 1. The van der Waals surface area contributed by atoms with Gasteiger partial charge < -0.3 is 9.88 Å². The first-order valence-electron chi connectivity index (χ1n) is 8.75. The van der Waals surface area contributed by atoms with Gasteiger partial charge in [-0.05, 0) is 62.5 Å². The summed E-state index contributed by atoms with van der Waals surface area (Å²) in [4.78, 5) is 16.8. The number of likely N-dealkylation sites (tertiary alicyclic amines) is 1. The average molecular weight is 363 g/mol. The fraction of sp³-hybridized carbons (Fsp3) is 0.500. The Kier molecular flexibility index (Phi) is 5.27. The van der Waals surface area contributed by atoms with Crippen LogP contribution in [0.2, 0.25) is 0 Å². The monoisotopic (exact) mass is 363 g/mol. The van der Waals surface area contributed by atoms with Crippen LogP contribution in [-0.4, -0.2) is 44.5 Å². The van der Waals surface area contributed by atoms with Crippen molar-refractivity contribution in [1.29, 1.82) is 0 Å². The first kappa shape index (κ1) is 18.1. The quantitative estimate of drug-likeness (QED) is 0.849. The van der Waals surface area contributed by atoms with Gasteiger partial charge in [0.05, 0.1) is 4.90 Å². The number of fused-ring (bicyclic) bond motifs is 1. The van der Waals surface area contributed by atoms with Gasteiger partial charge in [-0.2, -0.15) is 0 Å². The van der Waals surface area contributed by atoms with Crippen molar-refractivity contribution in [3.05, 3.63) is 40.2 Å². The fourth-order valence-corrected chi connectivity index (χ4v) is 4.63. The van der Waals surface area contributed by atoms with Gasteiger partial charge in [0.2, 0.25) is 15.6 Å². The Balaban J connectivity index is 1.78. The van der Waals surface area contributed by atoms with Gasteiger partial charge in [0, 0.05) is 30.1 Å². The number of aromatic amines is 1. The SMILES string of the molecule is CCN1CCCC(CNS(=O)(=O)c2ccc3[nH]c(=O)cc(C)c3c2)C1. The molecule has 1 aromatic carbocycles. The summed E-state index contributed by atoms with van der Waals surface area (Å²) in [6.45, 7) is 7.45. The van der Waals surface area contributed by atoms with Crippen molar-refractivity contribution >= 4 is 20.9 Å². The van der Waals surface area contributed by atoms with E-state index in [1.165, 1.54) is 6.07 Å². The molecule has 0 aliphatic carbocycles. The Bertz CT molecular complexity index is 921. The molecular formula is C18H25N3O3S. The van der Waals surface area contributed by atoms with Crippen LogP contribution in [0.4, 0.5) is 0 Å². The third-order valence-electron chi connectivity index (χ3n) is 4.94. The highest BCUT2D eigenvalue weighted by Crippen LogP contribution is 2.20. The third-order valence-corrected chi connectivity index (χ3v) is 6.37. The van der Waals surface area contributed by atoms with Gasteiger partial charge in [-0.1, -0.05) is 6.92 Å². The summed E-state index contributed by atoms with van der Waals surface area (Å²) in [7, 11) is -3.56. The minimum atomic E-state index is -3.56. The number of hydrogen-bond donors (Lipinski definition) is 2. The lowest BCUT2D eigenvalue weighted by atomic mass is 9.98. The van der Waals surface area contributed by atoms with E-state index in [0.717, 1.165) is 43.4 Å². The van der Waals surface area contributed by atoms with E-state index < -0.39 is 10.0 Å². The maximum absolute atomic E-state index is 12.7. The largest absolute Gasteiger partial charge is 0.322 e. The molecule has 2 aromatic rings. The summed E-state index contributed by atoms with van der Waals surface area (Å²) in [6, 6.07) is 6.30. The molecule has 1 fully saturated rings. The number of rotatable bonds is 5. The first-order valence-corrected chi connectivity index (χ1v) is 10.2. The second kappa shape index (κ2) is 7.27. The average Bonchev–Trinajstić information content (AvgIpc) is 2.60. The smallest absolute Gasteiger partial charge is 0.248 e. The molecule has 136 valence electrons. The molecule has 2 heterocycles. The Hall–Kier alpha value is -1.70. The summed E-state index contributed by atoms with van der Waals surface area (Å²) in [6.07, 6.45) is 2.17. The number of H-pyrrole nitrogens is 1. The zero-order valence-electron chi connectivity index (χ0n) is 14.7. The second-order valence-corrected chi connectivity index (χ2v) is 8.54. The molecule has 7 heteroatoms. The van der Waals surface area contributed by atoms with Gasteiger partial charge in [-0.15, -0.1) is 0 Å². The lowest BCUT2D eigenvalue weighted by molar-refractivity contribution is 0.184. The minimum absolute atomic E-state index is 0.184. The van der Waals surface area contributed by atoms with E-state index in [-0.39, 0.29) is 10.5 Å². The van der Waals surface area contributed by atoms with E-state index in [2.05, 4.69) is 21.5 Å². The van der Waals surface area contributed by atoms with Crippen LogP contribution in [-0.2, 0) is 10.0 Å². The summed E-state index contributed by atoms with van der Waals surface area (Å²) in [5, 5.41) is 0.747. The number of piperidine rings is 1. The van der Waals surface area contributed by atoms with Crippen molar-refractivity contribution in [1.82, 2.24) is 14.6 Å². The van der Waals surface area contributed by atoms with Crippen molar-refractivity contribution in [2.45, 2.75) is 31.6 Å². The van der Waals surface area contributed by atoms with Gasteiger partial charge in [0.1, 0.15) is 0 Å². The number of nitrogens with zero attached hydrogens (tertiary/aromatic N) is 1. The summed E-state index contributed by atoms with van der Waals surface area (Å²) in [5.41, 5.74) is 1.23. The normalized spacial score (nSPS) is 19.4. The predicted molar refractivity (Wildman–Crippen MR) is 99.3 cm³/mol. The summed E-state index contributed by atoms with van der Waals surface area (Å²) < 4.78 is 28.1. The van der Waals surface area contributed by atoms with E-state index in [1.807, 2.05) is 6.92 Å². The molecule has 0 bridgehead atoms. The van der Waals surface area contributed by atoms with Gasteiger partial charge in [0.15, 0.2) is 0 Å². The topological polar surface area (TPSA) is 82.3 Å². The Morgan fingerprint density at radius 1 is 1.32 bits per heavy atom. The molecule has 0 radical (unpaired) electrons. The number of nitrogens with one attached hydrogen (secondary N) is 2. The lowest BCUT2D eigenvalue weighted by Gasteiger charge is -2.31. The molecular weight excluding hydrogens is 338 g/mol. The maximum atomic E-state index is 12.7. The summed E-state index contributed by atoms with van der Waals surface area (Å²) >= 11 is 0. The molecule has 1 unspecified atom stereocenters. The Morgan fingerprint density at radius 2 is 2.12 bits per heavy atom. The highest BCUT2D eigenvalue weighted by atomic mass is 32.2. The number of hydrogen-bond acceptors (Lipinski definition) is 4. The zero-order chi connectivity index (χ0) is 18.0. The van der Waals surface area contributed by atoms with Gasteiger partial charge >= 0.3 is 0 Å². The van der Waals surface area contributed by atoms with Crippen LogP contribution in [0.5, 0.6) is 0 Å². The fourth-order valence-electron chi connectivity index (χ4n) is 3.48. The van der Waals surface area contributed by atoms with Gasteiger partial charge in [-0.3, -0.25) is 4.79 Å². The number of aromatic nitrogens is 1. The zero-order valence-corrected chi connectivity index (χ0v) is 15.5. The highest BCUT2D eigenvalue weighted by molar-refractivity contribution is 7.89. The van der Waals surface area contributed by atoms with Crippen LogP contribution in [0, 0.1) is 12.8 Å². The molecule has 0 amide bonds. The number of sulfonamides is 1. The predicted octanol–water partition coefficient (Wildman–Crippen LogP) is 1.85. The van der Waals surface area contributed by atoms with Crippen molar-refractivity contribution in [2.24, 2.45) is 5.92 Å². The molecule has 3 rings (SSSR count). The standard InChI is InChI=1S/C18H25N3O3S/c1-3-21-8-4-5-14(12-21)11-19-25(23,24)15-6-7-17-16(10-15)13(2)9-18(22)20-17/h6-7,9-10,14,19H,3-5,8,11-12H2,1-2H3,(H,20,22). The summed E-state index contributed by atoms with van der Waals surface area (Å²) in [5.74, 6) is 0.349. The van der Waals surface area contributed by atoms with Crippen LogP contribution < -0.4 is 10.3 Å². The Labute approximate surface area is 148 Å². The molecule has 1 saturated heterocycles. The van der Waals surface area contributed by atoms with E-state index in [0.29, 0.717) is 18.0 Å². The van der Waals surface area contributed by atoms with Gasteiger partial charge in [-0.25, -0.2) is 13.1 Å². The van der Waals surface area contributed by atoms with Crippen LogP contribution >= 0.6 is 0 Å². The van der Waals surface area contributed by atoms with Crippen LogP contribution in [0.15, 0.2) is 34.0 Å². The van der Waals surface area contributed by atoms with Crippen LogP contribution in [0.25, 0.3) is 10.9 Å². The first-order chi connectivity index (χ1) is 11.9. The Morgan fingerprint density at radius 3 is 2.88 bits per heavy atom.